The van der Waals surface area contributed by atoms with Crippen molar-refractivity contribution in [3.63, 3.8) is 0 Å². The van der Waals surface area contributed by atoms with Crippen molar-refractivity contribution in [2.75, 3.05) is 6.54 Å². The number of benzene rings is 1. The Morgan fingerprint density at radius 2 is 2.12 bits per heavy atom. The third-order valence-corrected chi connectivity index (χ3v) is 3.38. The van der Waals surface area contributed by atoms with Crippen molar-refractivity contribution in [1.82, 2.24) is 5.32 Å². The van der Waals surface area contributed by atoms with Crippen molar-refractivity contribution in [2.45, 2.75) is 38.2 Å². The van der Waals surface area contributed by atoms with E-state index in [4.69, 9.17) is 0 Å². The quantitative estimate of drug-likeness (QED) is 0.833. The summed E-state index contributed by atoms with van der Waals surface area (Å²) in [6, 6.07) is 7.57. The molecular formula is C13H17F2N. The van der Waals surface area contributed by atoms with Crippen LogP contribution in [-0.2, 0) is 12.0 Å². The van der Waals surface area contributed by atoms with Gasteiger partial charge in [0.15, 0.2) is 0 Å². The fourth-order valence-corrected chi connectivity index (χ4v) is 2.67. The first-order valence-corrected chi connectivity index (χ1v) is 5.82. The van der Waals surface area contributed by atoms with Crippen LogP contribution in [0, 0.1) is 0 Å². The highest BCUT2D eigenvalue weighted by Gasteiger charge is 2.43. The van der Waals surface area contributed by atoms with E-state index in [1.807, 2.05) is 31.2 Å². The van der Waals surface area contributed by atoms with Gasteiger partial charge >= 0.3 is 0 Å². The van der Waals surface area contributed by atoms with Gasteiger partial charge in [-0.2, -0.15) is 0 Å². The van der Waals surface area contributed by atoms with Crippen LogP contribution in [0.3, 0.4) is 0 Å². The molecule has 3 heteroatoms. The Balaban J connectivity index is 2.48. The maximum absolute atomic E-state index is 13.4. The first-order chi connectivity index (χ1) is 7.70. The summed E-state index contributed by atoms with van der Waals surface area (Å²) in [5.74, 6) is 0. The predicted molar refractivity (Wildman–Crippen MR) is 60.7 cm³/mol. The number of halogens is 2. The zero-order valence-electron chi connectivity index (χ0n) is 9.47. The summed E-state index contributed by atoms with van der Waals surface area (Å²) in [4.78, 5) is 0. The van der Waals surface area contributed by atoms with Crippen molar-refractivity contribution in [1.29, 1.82) is 0 Å². The second kappa shape index (κ2) is 4.50. The van der Waals surface area contributed by atoms with Gasteiger partial charge in [0.25, 0.3) is 6.43 Å². The second-order valence-corrected chi connectivity index (χ2v) is 4.31. The van der Waals surface area contributed by atoms with Gasteiger partial charge in [0.05, 0.1) is 0 Å². The van der Waals surface area contributed by atoms with Gasteiger partial charge in [0.2, 0.25) is 0 Å². The SMILES string of the molecule is CCNC1(C(F)F)CCCc2ccccc21. The summed E-state index contributed by atoms with van der Waals surface area (Å²) in [7, 11) is 0. The normalized spacial score (nSPS) is 24.5. The molecule has 2 rings (SSSR count). The van der Waals surface area contributed by atoms with Crippen LogP contribution in [0.5, 0.6) is 0 Å². The molecule has 1 aromatic rings. The molecule has 1 unspecified atom stereocenters. The highest BCUT2D eigenvalue weighted by atomic mass is 19.3. The molecule has 0 amide bonds. The average molecular weight is 225 g/mol. The van der Waals surface area contributed by atoms with Gasteiger partial charge in [-0.1, -0.05) is 31.2 Å². The largest absolute Gasteiger partial charge is 0.303 e. The van der Waals surface area contributed by atoms with E-state index in [0.29, 0.717) is 13.0 Å². The molecule has 0 fully saturated rings. The van der Waals surface area contributed by atoms with E-state index >= 15 is 0 Å². The second-order valence-electron chi connectivity index (χ2n) is 4.31. The summed E-state index contributed by atoms with van der Waals surface area (Å²) in [5, 5.41) is 3.00. The third-order valence-electron chi connectivity index (χ3n) is 3.38. The zero-order valence-corrected chi connectivity index (χ0v) is 9.47. The van der Waals surface area contributed by atoms with Gasteiger partial charge in [0.1, 0.15) is 5.54 Å². The number of nitrogens with one attached hydrogen (secondary N) is 1. The van der Waals surface area contributed by atoms with Crippen molar-refractivity contribution in [2.24, 2.45) is 0 Å². The van der Waals surface area contributed by atoms with Crippen molar-refractivity contribution in [3.05, 3.63) is 35.4 Å². The molecule has 0 bridgehead atoms. The Morgan fingerprint density at radius 1 is 1.38 bits per heavy atom. The van der Waals surface area contributed by atoms with E-state index in [-0.39, 0.29) is 0 Å². The molecule has 1 aliphatic carbocycles. The number of aryl methyl sites for hydroxylation is 1. The van der Waals surface area contributed by atoms with Crippen LogP contribution in [0.1, 0.15) is 30.9 Å². The maximum atomic E-state index is 13.4. The minimum Gasteiger partial charge on any atom is -0.303 e. The molecular weight excluding hydrogens is 208 g/mol. The number of hydrogen-bond acceptors (Lipinski definition) is 1. The monoisotopic (exact) mass is 225 g/mol. The number of hydrogen-bond donors (Lipinski definition) is 1. The molecule has 1 atom stereocenters. The van der Waals surface area contributed by atoms with Crippen molar-refractivity contribution < 1.29 is 8.78 Å². The first-order valence-electron chi connectivity index (χ1n) is 5.82. The average Bonchev–Trinajstić information content (AvgIpc) is 2.29. The van der Waals surface area contributed by atoms with Crippen molar-refractivity contribution in [3.8, 4) is 0 Å². The molecule has 0 heterocycles. The Kier molecular flexibility index (Phi) is 3.24. The van der Waals surface area contributed by atoms with Crippen LogP contribution in [0.4, 0.5) is 8.78 Å². The van der Waals surface area contributed by atoms with Gasteiger partial charge in [-0.3, -0.25) is 0 Å². The standard InChI is InChI=1S/C13H17F2N/c1-2-16-13(12(14)15)9-5-7-10-6-3-4-8-11(10)13/h3-4,6,8,12,16H,2,5,7,9H2,1H3. The maximum Gasteiger partial charge on any atom is 0.260 e. The van der Waals surface area contributed by atoms with Crippen LogP contribution < -0.4 is 5.32 Å². The summed E-state index contributed by atoms with van der Waals surface area (Å²) in [5.41, 5.74) is 0.733. The van der Waals surface area contributed by atoms with E-state index in [1.165, 1.54) is 0 Å². The lowest BCUT2D eigenvalue weighted by molar-refractivity contribution is 0.0171. The van der Waals surface area contributed by atoms with Crippen LogP contribution in [0.25, 0.3) is 0 Å². The molecule has 16 heavy (non-hydrogen) atoms. The highest BCUT2D eigenvalue weighted by Crippen LogP contribution is 2.39. The topological polar surface area (TPSA) is 12.0 Å². The van der Waals surface area contributed by atoms with Gasteiger partial charge in [-0.25, -0.2) is 8.78 Å². The summed E-state index contributed by atoms with van der Waals surface area (Å²) in [6.45, 7) is 2.44. The van der Waals surface area contributed by atoms with Gasteiger partial charge in [-0.15, -0.1) is 0 Å². The van der Waals surface area contributed by atoms with E-state index in [0.717, 1.165) is 24.0 Å². The molecule has 0 saturated carbocycles. The molecule has 0 aliphatic heterocycles. The third kappa shape index (κ3) is 1.73. The summed E-state index contributed by atoms with van der Waals surface area (Å²) in [6.07, 6.45) is -0.0891. The molecule has 0 saturated heterocycles. The molecule has 88 valence electrons. The minimum atomic E-state index is -2.35. The Hall–Kier alpha value is -0.960. The zero-order chi connectivity index (χ0) is 11.6. The molecule has 0 aromatic heterocycles. The number of alkyl halides is 2. The first kappa shape index (κ1) is 11.5. The van der Waals surface area contributed by atoms with Crippen LogP contribution >= 0.6 is 0 Å². The fourth-order valence-electron chi connectivity index (χ4n) is 2.67. The molecule has 1 aliphatic rings. The summed E-state index contributed by atoms with van der Waals surface area (Å²) < 4.78 is 26.8. The lowest BCUT2D eigenvalue weighted by atomic mass is 9.76. The molecule has 1 nitrogen and oxygen atoms in total. The number of fused-ring (bicyclic) bond motifs is 1. The highest BCUT2D eigenvalue weighted by molar-refractivity contribution is 5.36. The minimum absolute atomic E-state index is 0.523. The van der Waals surface area contributed by atoms with Crippen LogP contribution in [0.2, 0.25) is 0 Å². The Morgan fingerprint density at radius 3 is 2.81 bits per heavy atom. The Bertz CT molecular complexity index is 365. The van der Waals surface area contributed by atoms with Crippen LogP contribution in [0.15, 0.2) is 24.3 Å². The fraction of sp³-hybridized carbons (Fsp3) is 0.538. The molecule has 0 radical (unpaired) electrons. The summed E-state index contributed by atoms with van der Waals surface area (Å²) >= 11 is 0. The van der Waals surface area contributed by atoms with Crippen molar-refractivity contribution >= 4 is 0 Å². The molecule has 1 aromatic carbocycles. The predicted octanol–water partition coefficient (Wildman–Crippen LogP) is 3.09. The molecule has 1 N–H and O–H groups in total. The number of rotatable bonds is 3. The van der Waals surface area contributed by atoms with Gasteiger partial charge in [-0.05, 0) is 36.9 Å². The smallest absolute Gasteiger partial charge is 0.260 e. The van der Waals surface area contributed by atoms with Gasteiger partial charge < -0.3 is 5.32 Å². The van der Waals surface area contributed by atoms with E-state index in [9.17, 15) is 8.78 Å². The Labute approximate surface area is 94.9 Å². The molecule has 0 spiro atoms. The van der Waals surface area contributed by atoms with Crippen LogP contribution in [-0.4, -0.2) is 13.0 Å². The van der Waals surface area contributed by atoms with Gasteiger partial charge in [0, 0.05) is 0 Å². The van der Waals surface area contributed by atoms with E-state index in [1.54, 1.807) is 0 Å². The van der Waals surface area contributed by atoms with E-state index < -0.39 is 12.0 Å². The lowest BCUT2D eigenvalue weighted by Gasteiger charge is -2.39. The lowest BCUT2D eigenvalue weighted by Crippen LogP contribution is -2.50. The van der Waals surface area contributed by atoms with E-state index in [2.05, 4.69) is 5.32 Å².